The predicted molar refractivity (Wildman–Crippen MR) is 104 cm³/mol. The highest BCUT2D eigenvalue weighted by molar-refractivity contribution is 5.82. The molecule has 1 aliphatic heterocycles. The van der Waals surface area contributed by atoms with E-state index in [1.54, 1.807) is 0 Å². The number of hydrogen-bond donors (Lipinski definition) is 1. The summed E-state index contributed by atoms with van der Waals surface area (Å²) in [6.07, 6.45) is 6.14. The average Bonchev–Trinajstić information content (AvgIpc) is 3.10. The van der Waals surface area contributed by atoms with Crippen molar-refractivity contribution in [2.45, 2.75) is 19.4 Å². The van der Waals surface area contributed by atoms with Crippen molar-refractivity contribution in [2.24, 2.45) is 5.92 Å². The molecule has 1 atom stereocenters. The van der Waals surface area contributed by atoms with E-state index in [-0.39, 0.29) is 17.1 Å². The fourth-order valence-electron chi connectivity index (χ4n) is 3.62. The number of amides is 1. The van der Waals surface area contributed by atoms with Gasteiger partial charge in [-0.25, -0.2) is 4.79 Å². The summed E-state index contributed by atoms with van der Waals surface area (Å²) >= 11 is 0. The molecule has 0 radical (unpaired) electrons. The topological polar surface area (TPSA) is 84.9 Å². The van der Waals surface area contributed by atoms with Gasteiger partial charge in [0.25, 0.3) is 0 Å². The van der Waals surface area contributed by atoms with Gasteiger partial charge in [-0.1, -0.05) is 24.3 Å². The van der Waals surface area contributed by atoms with Crippen LogP contribution >= 0.6 is 0 Å². The second-order valence-electron chi connectivity index (χ2n) is 7.18. The van der Waals surface area contributed by atoms with Crippen molar-refractivity contribution in [3.05, 3.63) is 65.0 Å². The average molecular weight is 382 g/mol. The summed E-state index contributed by atoms with van der Waals surface area (Å²) in [7, 11) is 0. The van der Waals surface area contributed by atoms with Crippen LogP contribution in [0.25, 0.3) is 10.8 Å². The number of aromatic nitrogens is 1. The molecule has 7 heteroatoms. The molecule has 1 fully saturated rings. The predicted octanol–water partition coefficient (Wildman–Crippen LogP) is 3.41. The van der Waals surface area contributed by atoms with Crippen molar-refractivity contribution in [3.8, 4) is 5.75 Å². The van der Waals surface area contributed by atoms with Crippen LogP contribution in [0.1, 0.15) is 18.6 Å². The van der Waals surface area contributed by atoms with E-state index in [1.165, 1.54) is 17.2 Å². The second kappa shape index (κ2) is 7.80. The molecule has 1 N–H and O–H groups in total. The smallest absolute Gasteiger partial charge is 0.407 e. The summed E-state index contributed by atoms with van der Waals surface area (Å²) in [5.41, 5.74) is -0.233. The molecule has 1 saturated heterocycles. The van der Waals surface area contributed by atoms with Gasteiger partial charge >= 0.3 is 6.09 Å². The third-order valence-corrected chi connectivity index (χ3v) is 5.06. The van der Waals surface area contributed by atoms with Crippen LogP contribution in [0.4, 0.5) is 4.79 Å². The first-order valence-corrected chi connectivity index (χ1v) is 9.35. The first-order chi connectivity index (χ1) is 13.6. The molecule has 0 bridgehead atoms. The highest BCUT2D eigenvalue weighted by Gasteiger charge is 2.24. The van der Waals surface area contributed by atoms with E-state index < -0.39 is 6.09 Å². The minimum Gasteiger partial charge on any atom is -0.486 e. The van der Waals surface area contributed by atoms with Gasteiger partial charge in [0, 0.05) is 37.5 Å². The van der Waals surface area contributed by atoms with Crippen LogP contribution in [0.2, 0.25) is 0 Å². The SMILES string of the molecule is O=C(O)N1CCCC(COc2coc(Cn3cc4ccccc4c3)cc2=O)C1. The number of carboxylic acid groups (broad SMARTS) is 1. The first-order valence-electron chi connectivity index (χ1n) is 9.35. The van der Waals surface area contributed by atoms with E-state index in [1.807, 2.05) is 41.2 Å². The van der Waals surface area contributed by atoms with E-state index in [0.717, 1.165) is 23.6 Å². The summed E-state index contributed by atoms with van der Waals surface area (Å²) in [6.45, 7) is 1.74. The third kappa shape index (κ3) is 4.03. The molecular formula is C21H22N2O5. The largest absolute Gasteiger partial charge is 0.486 e. The Morgan fingerprint density at radius 3 is 2.68 bits per heavy atom. The van der Waals surface area contributed by atoms with Gasteiger partial charge in [-0.05, 0) is 23.6 Å². The van der Waals surface area contributed by atoms with Crippen molar-refractivity contribution >= 4 is 16.9 Å². The molecule has 1 aliphatic rings. The number of benzene rings is 1. The van der Waals surface area contributed by atoms with Gasteiger partial charge in [0.1, 0.15) is 12.0 Å². The lowest BCUT2D eigenvalue weighted by molar-refractivity contribution is 0.104. The molecule has 3 aromatic rings. The zero-order valence-corrected chi connectivity index (χ0v) is 15.4. The van der Waals surface area contributed by atoms with E-state index in [4.69, 9.17) is 14.3 Å². The molecule has 1 aromatic carbocycles. The van der Waals surface area contributed by atoms with Crippen LogP contribution in [0.5, 0.6) is 5.75 Å². The standard InChI is InChI=1S/C21H22N2O5/c24-19-8-18(12-22-10-16-5-1-2-6-17(16)11-22)27-14-20(19)28-13-15-4-3-7-23(9-15)21(25)26/h1-2,5-6,8,10-11,14-15H,3-4,7,9,12-13H2,(H,25,26). The Balaban J connectivity index is 1.39. The van der Waals surface area contributed by atoms with Crippen molar-refractivity contribution < 1.29 is 19.1 Å². The molecule has 0 spiro atoms. The lowest BCUT2D eigenvalue weighted by Gasteiger charge is -2.30. The summed E-state index contributed by atoms with van der Waals surface area (Å²) in [4.78, 5) is 24.8. The Bertz CT molecular complexity index is 1010. The Kier molecular flexibility index (Phi) is 5.06. The molecule has 4 rings (SSSR count). The Morgan fingerprint density at radius 2 is 2.00 bits per heavy atom. The zero-order chi connectivity index (χ0) is 19.5. The lowest BCUT2D eigenvalue weighted by atomic mass is 9.99. The van der Waals surface area contributed by atoms with Gasteiger partial charge in [-0.3, -0.25) is 4.79 Å². The van der Waals surface area contributed by atoms with Crippen molar-refractivity contribution in [1.82, 2.24) is 9.47 Å². The second-order valence-corrected chi connectivity index (χ2v) is 7.18. The monoisotopic (exact) mass is 382 g/mol. The number of carbonyl (C=O) groups is 1. The number of fused-ring (bicyclic) bond motifs is 1. The quantitative estimate of drug-likeness (QED) is 0.731. The van der Waals surface area contributed by atoms with E-state index in [9.17, 15) is 9.59 Å². The van der Waals surface area contributed by atoms with Crippen LogP contribution in [-0.4, -0.2) is 40.4 Å². The Hall–Kier alpha value is -3.22. The van der Waals surface area contributed by atoms with Gasteiger partial charge in [-0.15, -0.1) is 0 Å². The maximum atomic E-state index is 12.3. The molecule has 1 amide bonds. The van der Waals surface area contributed by atoms with E-state index in [2.05, 4.69) is 0 Å². The highest BCUT2D eigenvalue weighted by atomic mass is 16.5. The van der Waals surface area contributed by atoms with E-state index in [0.29, 0.717) is 32.0 Å². The van der Waals surface area contributed by atoms with Crippen molar-refractivity contribution in [1.29, 1.82) is 0 Å². The molecular weight excluding hydrogens is 360 g/mol. The fourth-order valence-corrected chi connectivity index (χ4v) is 3.62. The maximum Gasteiger partial charge on any atom is 0.407 e. The number of nitrogens with zero attached hydrogens (tertiary/aromatic N) is 2. The molecule has 2 aromatic heterocycles. The summed E-state index contributed by atoms with van der Waals surface area (Å²) in [6, 6.07) is 9.50. The zero-order valence-electron chi connectivity index (χ0n) is 15.4. The number of likely N-dealkylation sites (tertiary alicyclic amines) is 1. The maximum absolute atomic E-state index is 12.3. The van der Waals surface area contributed by atoms with Crippen LogP contribution in [0, 0.1) is 5.92 Å². The van der Waals surface area contributed by atoms with Gasteiger partial charge in [0.15, 0.2) is 0 Å². The summed E-state index contributed by atoms with van der Waals surface area (Å²) in [5.74, 6) is 0.789. The number of hydrogen-bond acceptors (Lipinski definition) is 4. The summed E-state index contributed by atoms with van der Waals surface area (Å²) in [5, 5.41) is 11.4. The van der Waals surface area contributed by atoms with Gasteiger partial charge in [-0.2, -0.15) is 0 Å². The minimum atomic E-state index is -0.911. The lowest BCUT2D eigenvalue weighted by Crippen LogP contribution is -2.40. The van der Waals surface area contributed by atoms with Gasteiger partial charge in [0.05, 0.1) is 13.2 Å². The number of ether oxygens (including phenoxy) is 1. The Labute approximate surface area is 161 Å². The summed E-state index contributed by atoms with van der Waals surface area (Å²) < 4.78 is 13.2. The fraction of sp³-hybridized carbons (Fsp3) is 0.333. The van der Waals surface area contributed by atoms with Crippen molar-refractivity contribution in [2.75, 3.05) is 19.7 Å². The molecule has 0 saturated carbocycles. The Morgan fingerprint density at radius 1 is 1.25 bits per heavy atom. The van der Waals surface area contributed by atoms with Gasteiger partial charge in [0.2, 0.25) is 11.2 Å². The van der Waals surface area contributed by atoms with Crippen LogP contribution < -0.4 is 10.2 Å². The molecule has 7 nitrogen and oxygen atoms in total. The molecule has 28 heavy (non-hydrogen) atoms. The molecule has 0 aliphatic carbocycles. The van der Waals surface area contributed by atoms with Crippen molar-refractivity contribution in [3.63, 3.8) is 0 Å². The normalized spacial score (nSPS) is 17.0. The van der Waals surface area contributed by atoms with Gasteiger partial charge < -0.3 is 23.7 Å². The van der Waals surface area contributed by atoms with Crippen LogP contribution in [-0.2, 0) is 6.54 Å². The first kappa shape index (κ1) is 18.2. The minimum absolute atomic E-state index is 0.0798. The van der Waals surface area contributed by atoms with E-state index >= 15 is 0 Å². The van der Waals surface area contributed by atoms with Crippen LogP contribution in [0.15, 0.2) is 58.2 Å². The molecule has 146 valence electrons. The number of rotatable bonds is 5. The third-order valence-electron chi connectivity index (χ3n) is 5.06. The number of piperidine rings is 1. The van der Waals surface area contributed by atoms with Crippen LogP contribution in [0.3, 0.4) is 0 Å². The highest BCUT2D eigenvalue weighted by Crippen LogP contribution is 2.19. The molecule has 1 unspecified atom stereocenters. The molecule has 3 heterocycles.